The summed E-state index contributed by atoms with van der Waals surface area (Å²) in [4.78, 5) is 0. The van der Waals surface area contributed by atoms with E-state index in [9.17, 15) is 13.9 Å². The molecular weight excluding hydrogens is 280 g/mol. The first-order valence-electron chi connectivity index (χ1n) is 6.98. The lowest BCUT2D eigenvalue weighted by atomic mass is 9.93. The van der Waals surface area contributed by atoms with Crippen LogP contribution in [-0.4, -0.2) is 31.0 Å². The van der Waals surface area contributed by atoms with E-state index in [1.54, 1.807) is 18.2 Å². The van der Waals surface area contributed by atoms with Crippen molar-refractivity contribution in [3.05, 3.63) is 23.8 Å². The Balaban J connectivity index is 2.97. The van der Waals surface area contributed by atoms with Gasteiger partial charge in [0, 0.05) is 17.6 Å². The first-order valence-corrected chi connectivity index (χ1v) is 6.98. The van der Waals surface area contributed by atoms with Crippen LogP contribution in [0.2, 0.25) is 0 Å². The van der Waals surface area contributed by atoms with E-state index in [1.165, 1.54) is 7.11 Å². The van der Waals surface area contributed by atoms with Gasteiger partial charge in [0.2, 0.25) is 0 Å². The van der Waals surface area contributed by atoms with Gasteiger partial charge in [-0.3, -0.25) is 0 Å². The van der Waals surface area contributed by atoms with Gasteiger partial charge in [0.1, 0.15) is 0 Å². The van der Waals surface area contributed by atoms with E-state index >= 15 is 0 Å². The maximum atomic E-state index is 12.6. The van der Waals surface area contributed by atoms with E-state index in [4.69, 9.17) is 4.74 Å². The fourth-order valence-corrected chi connectivity index (χ4v) is 2.15. The number of hydrogen-bond donors (Lipinski definition) is 2. The number of nitrogens with one attached hydrogen (secondary N) is 1. The molecule has 0 aromatic heterocycles. The lowest BCUT2D eigenvalue weighted by molar-refractivity contribution is -0.0519. The van der Waals surface area contributed by atoms with Crippen LogP contribution >= 0.6 is 0 Å². The van der Waals surface area contributed by atoms with Crippen LogP contribution in [0.1, 0.15) is 32.3 Å². The lowest BCUT2D eigenvalue weighted by Crippen LogP contribution is -2.47. The molecule has 0 heterocycles. The van der Waals surface area contributed by atoms with Gasteiger partial charge in [0.15, 0.2) is 11.5 Å². The van der Waals surface area contributed by atoms with Crippen molar-refractivity contribution in [3.63, 3.8) is 0 Å². The Kier molecular flexibility index (Phi) is 6.84. The molecule has 4 nitrogen and oxygen atoms in total. The van der Waals surface area contributed by atoms with Gasteiger partial charge in [0.05, 0.1) is 13.7 Å². The summed E-state index contributed by atoms with van der Waals surface area (Å²) >= 11 is 0. The Hall–Kier alpha value is -1.40. The fourth-order valence-electron chi connectivity index (χ4n) is 2.15. The van der Waals surface area contributed by atoms with E-state index in [0.29, 0.717) is 12.1 Å². The summed E-state index contributed by atoms with van der Waals surface area (Å²) in [5.41, 5.74) is 0.139. The van der Waals surface area contributed by atoms with Crippen LogP contribution in [-0.2, 0) is 6.54 Å². The molecule has 0 radical (unpaired) electrons. The topological polar surface area (TPSA) is 50.7 Å². The van der Waals surface area contributed by atoms with E-state index < -0.39 is 12.2 Å². The maximum absolute atomic E-state index is 12.6. The average Bonchev–Trinajstić information content (AvgIpc) is 2.50. The molecule has 0 aliphatic carbocycles. The second-order valence-electron chi connectivity index (χ2n) is 4.83. The molecule has 1 aromatic carbocycles. The summed E-state index contributed by atoms with van der Waals surface area (Å²) in [6, 6.07) is 4.98. The first kappa shape index (κ1) is 17.7. The Morgan fingerprint density at radius 2 is 1.95 bits per heavy atom. The number of benzene rings is 1. The van der Waals surface area contributed by atoms with Crippen LogP contribution in [0.3, 0.4) is 0 Å². The highest BCUT2D eigenvalue weighted by atomic mass is 19.3. The molecule has 0 aliphatic heterocycles. The number of aliphatic hydroxyl groups excluding tert-OH is 1. The highest BCUT2D eigenvalue weighted by Crippen LogP contribution is 2.32. The Labute approximate surface area is 124 Å². The van der Waals surface area contributed by atoms with Gasteiger partial charge in [-0.2, -0.15) is 8.78 Å². The molecule has 0 atom stereocenters. The molecule has 120 valence electrons. The normalized spacial score (nSPS) is 11.8. The number of para-hydroxylation sites is 1. The predicted molar refractivity (Wildman–Crippen MR) is 76.9 cm³/mol. The first-order chi connectivity index (χ1) is 10.0. The number of ether oxygens (including phenoxy) is 2. The van der Waals surface area contributed by atoms with E-state index in [1.807, 2.05) is 13.8 Å². The van der Waals surface area contributed by atoms with Gasteiger partial charge in [-0.1, -0.05) is 26.0 Å². The van der Waals surface area contributed by atoms with Crippen molar-refractivity contribution in [1.82, 2.24) is 5.32 Å². The molecule has 6 heteroatoms. The van der Waals surface area contributed by atoms with Crippen LogP contribution < -0.4 is 14.8 Å². The number of rotatable bonds is 9. The van der Waals surface area contributed by atoms with Gasteiger partial charge in [0.25, 0.3) is 0 Å². The number of methoxy groups -OCH3 is 1. The lowest BCUT2D eigenvalue weighted by Gasteiger charge is -2.31. The molecule has 0 bridgehead atoms. The van der Waals surface area contributed by atoms with Crippen molar-refractivity contribution in [2.75, 3.05) is 13.7 Å². The summed E-state index contributed by atoms with van der Waals surface area (Å²) in [6.45, 7) is 1.31. The summed E-state index contributed by atoms with van der Waals surface area (Å²) in [5.74, 6) is 0.291. The smallest absolute Gasteiger partial charge is 0.387 e. The third-order valence-corrected chi connectivity index (χ3v) is 3.80. The minimum absolute atomic E-state index is 0.0188. The monoisotopic (exact) mass is 303 g/mol. The van der Waals surface area contributed by atoms with Crippen LogP contribution in [0, 0.1) is 0 Å². The quantitative estimate of drug-likeness (QED) is 0.736. The van der Waals surface area contributed by atoms with Crippen LogP contribution in [0.25, 0.3) is 0 Å². The second-order valence-corrected chi connectivity index (χ2v) is 4.83. The average molecular weight is 303 g/mol. The van der Waals surface area contributed by atoms with E-state index in [2.05, 4.69) is 10.1 Å². The van der Waals surface area contributed by atoms with E-state index in [0.717, 1.165) is 12.8 Å². The largest absolute Gasteiger partial charge is 0.493 e. The fraction of sp³-hybridized carbons (Fsp3) is 0.600. The van der Waals surface area contributed by atoms with E-state index in [-0.39, 0.29) is 18.1 Å². The van der Waals surface area contributed by atoms with Crippen LogP contribution in [0.5, 0.6) is 11.5 Å². The molecule has 0 fully saturated rings. The van der Waals surface area contributed by atoms with Gasteiger partial charge in [-0.05, 0) is 18.9 Å². The maximum Gasteiger partial charge on any atom is 0.387 e. The SMILES string of the molecule is CCC(CC)(CO)NCc1cccc(OC)c1OC(F)F. The minimum Gasteiger partial charge on any atom is -0.493 e. The Bertz CT molecular complexity index is 429. The van der Waals surface area contributed by atoms with Crippen molar-refractivity contribution < 1.29 is 23.4 Å². The van der Waals surface area contributed by atoms with Crippen molar-refractivity contribution in [3.8, 4) is 11.5 Å². The van der Waals surface area contributed by atoms with Gasteiger partial charge in [-0.25, -0.2) is 0 Å². The molecule has 1 aromatic rings. The van der Waals surface area contributed by atoms with Crippen molar-refractivity contribution in [2.24, 2.45) is 0 Å². The van der Waals surface area contributed by atoms with Crippen molar-refractivity contribution in [2.45, 2.75) is 45.4 Å². The summed E-state index contributed by atoms with van der Waals surface area (Å²) < 4.78 is 34.7. The van der Waals surface area contributed by atoms with Gasteiger partial charge >= 0.3 is 6.61 Å². The van der Waals surface area contributed by atoms with Crippen LogP contribution in [0.15, 0.2) is 18.2 Å². The third kappa shape index (κ3) is 4.54. The molecule has 2 N–H and O–H groups in total. The molecule has 0 saturated carbocycles. The highest BCUT2D eigenvalue weighted by molar-refractivity contribution is 5.46. The molecule has 0 aliphatic rings. The van der Waals surface area contributed by atoms with Crippen LogP contribution in [0.4, 0.5) is 8.78 Å². The molecule has 1 rings (SSSR count). The number of halogens is 2. The zero-order valence-electron chi connectivity index (χ0n) is 12.7. The third-order valence-electron chi connectivity index (χ3n) is 3.80. The standard InChI is InChI=1S/C15H23F2NO3/c1-4-15(5-2,10-19)18-9-11-7-6-8-12(20-3)13(11)21-14(16)17/h6-8,14,18-19H,4-5,9-10H2,1-3H3. The molecule has 0 unspecified atom stereocenters. The number of aliphatic hydroxyl groups is 1. The van der Waals surface area contributed by atoms with Gasteiger partial charge in [-0.15, -0.1) is 0 Å². The summed E-state index contributed by atoms with van der Waals surface area (Å²) in [5, 5.41) is 12.8. The molecule has 0 spiro atoms. The molecule has 0 saturated heterocycles. The number of hydrogen-bond acceptors (Lipinski definition) is 4. The molecule has 21 heavy (non-hydrogen) atoms. The number of alkyl halides is 2. The van der Waals surface area contributed by atoms with Crippen molar-refractivity contribution in [1.29, 1.82) is 0 Å². The molecular formula is C15H23F2NO3. The summed E-state index contributed by atoms with van der Waals surface area (Å²) in [6.07, 6.45) is 1.46. The second kappa shape index (κ2) is 8.14. The van der Waals surface area contributed by atoms with Crippen molar-refractivity contribution >= 4 is 0 Å². The predicted octanol–water partition coefficient (Wildman–Crippen LogP) is 2.94. The zero-order chi connectivity index (χ0) is 15.9. The Morgan fingerprint density at radius 1 is 1.29 bits per heavy atom. The van der Waals surface area contributed by atoms with Gasteiger partial charge < -0.3 is 19.9 Å². The highest BCUT2D eigenvalue weighted by Gasteiger charge is 2.25. The summed E-state index contributed by atoms with van der Waals surface area (Å²) in [7, 11) is 1.40. The minimum atomic E-state index is -2.92. The zero-order valence-corrected chi connectivity index (χ0v) is 12.7. The Morgan fingerprint density at radius 3 is 2.43 bits per heavy atom. The molecule has 0 amide bonds.